The molecular formula is C17H16N2O4. The van der Waals surface area contributed by atoms with Crippen molar-refractivity contribution >= 4 is 23.2 Å². The molecular weight excluding hydrogens is 296 g/mol. The molecule has 0 aromatic heterocycles. The van der Waals surface area contributed by atoms with E-state index in [-0.39, 0.29) is 23.8 Å². The Morgan fingerprint density at radius 1 is 1.13 bits per heavy atom. The fourth-order valence-corrected chi connectivity index (χ4v) is 2.60. The predicted octanol–water partition coefficient (Wildman–Crippen LogP) is 2.15. The van der Waals surface area contributed by atoms with Crippen molar-refractivity contribution in [2.24, 2.45) is 0 Å². The highest BCUT2D eigenvalue weighted by Crippen LogP contribution is 2.30. The maximum absolute atomic E-state index is 12.5. The van der Waals surface area contributed by atoms with Gasteiger partial charge in [-0.1, -0.05) is 12.1 Å². The number of amides is 2. The molecule has 118 valence electrons. The van der Waals surface area contributed by atoms with Crippen LogP contribution in [0.5, 0.6) is 11.5 Å². The van der Waals surface area contributed by atoms with E-state index in [0.29, 0.717) is 11.4 Å². The maximum atomic E-state index is 12.5. The average Bonchev–Trinajstić information content (AvgIpc) is 2.77. The van der Waals surface area contributed by atoms with Crippen molar-refractivity contribution in [1.82, 2.24) is 0 Å². The molecule has 3 N–H and O–H groups in total. The Hall–Kier alpha value is -3.02. The second-order valence-corrected chi connectivity index (χ2v) is 5.51. The summed E-state index contributed by atoms with van der Waals surface area (Å²) in [6.45, 7) is 1.87. The average molecular weight is 312 g/mol. The molecule has 3 rings (SSSR count). The molecule has 1 aliphatic rings. The third-order valence-corrected chi connectivity index (χ3v) is 3.72. The monoisotopic (exact) mass is 312 g/mol. The number of rotatable bonds is 3. The predicted molar refractivity (Wildman–Crippen MR) is 85.5 cm³/mol. The zero-order valence-corrected chi connectivity index (χ0v) is 12.5. The van der Waals surface area contributed by atoms with Gasteiger partial charge in [0.2, 0.25) is 5.91 Å². The highest BCUT2D eigenvalue weighted by Gasteiger charge is 2.39. The van der Waals surface area contributed by atoms with E-state index in [9.17, 15) is 19.8 Å². The normalized spacial score (nSPS) is 17.6. The summed E-state index contributed by atoms with van der Waals surface area (Å²) in [7, 11) is 0. The number of carbonyl (C=O) groups is 2. The molecule has 1 heterocycles. The molecule has 2 aromatic carbocycles. The van der Waals surface area contributed by atoms with Crippen LogP contribution in [0.3, 0.4) is 0 Å². The molecule has 1 fully saturated rings. The number of nitrogens with zero attached hydrogens (tertiary/aromatic N) is 1. The van der Waals surface area contributed by atoms with E-state index in [1.807, 2.05) is 6.92 Å². The van der Waals surface area contributed by atoms with Crippen molar-refractivity contribution in [2.75, 3.05) is 10.2 Å². The Morgan fingerprint density at radius 2 is 1.91 bits per heavy atom. The second-order valence-electron chi connectivity index (χ2n) is 5.51. The number of imide groups is 1. The standard InChI is InChI=1S/C17H16N2O4/c1-10-5-6-15(21)13(7-10)18-14-9-16(22)19(17(14)23)11-3-2-4-12(20)8-11/h2-8,14,18,20-21H,9H2,1H3. The van der Waals surface area contributed by atoms with Crippen LogP contribution in [0.1, 0.15) is 12.0 Å². The molecule has 1 unspecified atom stereocenters. The lowest BCUT2D eigenvalue weighted by atomic mass is 10.1. The fraction of sp³-hybridized carbons (Fsp3) is 0.176. The minimum Gasteiger partial charge on any atom is -0.508 e. The van der Waals surface area contributed by atoms with Crippen LogP contribution >= 0.6 is 0 Å². The number of aromatic hydroxyl groups is 2. The number of anilines is 2. The molecule has 6 heteroatoms. The van der Waals surface area contributed by atoms with Crippen molar-refractivity contribution in [1.29, 1.82) is 0 Å². The van der Waals surface area contributed by atoms with E-state index in [2.05, 4.69) is 5.32 Å². The molecule has 0 saturated carbocycles. The molecule has 0 radical (unpaired) electrons. The zero-order chi connectivity index (χ0) is 16.6. The molecule has 2 amide bonds. The van der Waals surface area contributed by atoms with Gasteiger partial charge >= 0.3 is 0 Å². The molecule has 1 atom stereocenters. The third kappa shape index (κ3) is 2.83. The van der Waals surface area contributed by atoms with Crippen LogP contribution in [0.25, 0.3) is 0 Å². The van der Waals surface area contributed by atoms with Gasteiger partial charge in [-0.3, -0.25) is 9.59 Å². The van der Waals surface area contributed by atoms with E-state index in [1.165, 1.54) is 18.2 Å². The summed E-state index contributed by atoms with van der Waals surface area (Å²) in [6.07, 6.45) is -0.0120. The van der Waals surface area contributed by atoms with Crippen LogP contribution in [-0.2, 0) is 9.59 Å². The SMILES string of the molecule is Cc1ccc(O)c(NC2CC(=O)N(c3cccc(O)c3)C2=O)c1. The number of phenols is 2. The number of phenolic OH excluding ortho intramolecular Hbond substituents is 2. The van der Waals surface area contributed by atoms with Gasteiger partial charge in [0.15, 0.2) is 0 Å². The first-order valence-corrected chi connectivity index (χ1v) is 7.17. The van der Waals surface area contributed by atoms with Crippen LogP contribution in [0, 0.1) is 6.92 Å². The number of carbonyl (C=O) groups excluding carboxylic acids is 2. The lowest BCUT2D eigenvalue weighted by Gasteiger charge is -2.17. The van der Waals surface area contributed by atoms with Gasteiger partial charge in [-0.2, -0.15) is 0 Å². The number of nitrogens with one attached hydrogen (secondary N) is 1. The molecule has 6 nitrogen and oxygen atoms in total. The van der Waals surface area contributed by atoms with Gasteiger partial charge < -0.3 is 15.5 Å². The van der Waals surface area contributed by atoms with Crippen molar-refractivity contribution in [3.63, 3.8) is 0 Å². The highest BCUT2D eigenvalue weighted by atomic mass is 16.3. The number of benzene rings is 2. The first-order chi connectivity index (χ1) is 11.0. The van der Waals surface area contributed by atoms with Gasteiger partial charge in [0.1, 0.15) is 17.5 Å². The number of aryl methyl sites for hydroxylation is 1. The van der Waals surface area contributed by atoms with Gasteiger partial charge in [0.05, 0.1) is 17.8 Å². The van der Waals surface area contributed by atoms with Crippen LogP contribution in [0.4, 0.5) is 11.4 Å². The summed E-state index contributed by atoms with van der Waals surface area (Å²) in [6, 6.07) is 10.2. The van der Waals surface area contributed by atoms with Gasteiger partial charge in [0.25, 0.3) is 5.91 Å². The maximum Gasteiger partial charge on any atom is 0.256 e. The molecule has 0 aliphatic carbocycles. The van der Waals surface area contributed by atoms with Gasteiger partial charge in [0, 0.05) is 6.07 Å². The Morgan fingerprint density at radius 3 is 2.65 bits per heavy atom. The van der Waals surface area contributed by atoms with E-state index in [4.69, 9.17) is 0 Å². The quantitative estimate of drug-likeness (QED) is 0.597. The molecule has 2 aromatic rings. The van der Waals surface area contributed by atoms with Crippen LogP contribution in [0.2, 0.25) is 0 Å². The van der Waals surface area contributed by atoms with E-state index in [1.54, 1.807) is 24.3 Å². The van der Waals surface area contributed by atoms with Gasteiger partial charge in [-0.05, 0) is 36.8 Å². The highest BCUT2D eigenvalue weighted by molar-refractivity contribution is 6.23. The van der Waals surface area contributed by atoms with Gasteiger partial charge in [-0.25, -0.2) is 4.90 Å². The number of hydrogen-bond acceptors (Lipinski definition) is 5. The summed E-state index contributed by atoms with van der Waals surface area (Å²) in [5.74, 6) is -0.769. The smallest absolute Gasteiger partial charge is 0.256 e. The largest absolute Gasteiger partial charge is 0.508 e. The second kappa shape index (κ2) is 5.64. The summed E-state index contributed by atoms with van der Waals surface area (Å²) < 4.78 is 0. The Balaban J connectivity index is 1.85. The van der Waals surface area contributed by atoms with Crippen molar-refractivity contribution in [2.45, 2.75) is 19.4 Å². The van der Waals surface area contributed by atoms with Gasteiger partial charge in [-0.15, -0.1) is 0 Å². The molecule has 0 bridgehead atoms. The molecule has 1 aliphatic heterocycles. The topological polar surface area (TPSA) is 89.9 Å². The first kappa shape index (κ1) is 14.9. The number of hydrogen-bond donors (Lipinski definition) is 3. The fourth-order valence-electron chi connectivity index (χ4n) is 2.60. The zero-order valence-electron chi connectivity index (χ0n) is 12.5. The molecule has 0 spiro atoms. The summed E-state index contributed by atoms with van der Waals surface area (Å²) in [4.78, 5) is 25.7. The summed E-state index contributed by atoms with van der Waals surface area (Å²) in [5.41, 5.74) is 1.67. The molecule has 1 saturated heterocycles. The lowest BCUT2D eigenvalue weighted by molar-refractivity contribution is -0.121. The minimum atomic E-state index is -0.752. The first-order valence-electron chi connectivity index (χ1n) is 7.17. The lowest BCUT2D eigenvalue weighted by Crippen LogP contribution is -2.34. The summed E-state index contributed by atoms with van der Waals surface area (Å²) >= 11 is 0. The minimum absolute atomic E-state index is 0.0120. The van der Waals surface area contributed by atoms with E-state index >= 15 is 0 Å². The summed E-state index contributed by atoms with van der Waals surface area (Å²) in [5, 5.41) is 22.3. The van der Waals surface area contributed by atoms with Crippen LogP contribution < -0.4 is 10.2 Å². The molecule has 23 heavy (non-hydrogen) atoms. The Bertz CT molecular complexity index is 788. The van der Waals surface area contributed by atoms with Crippen molar-refractivity contribution in [3.8, 4) is 11.5 Å². The van der Waals surface area contributed by atoms with Crippen molar-refractivity contribution in [3.05, 3.63) is 48.0 Å². The van der Waals surface area contributed by atoms with Crippen LogP contribution in [0.15, 0.2) is 42.5 Å². The van der Waals surface area contributed by atoms with Crippen molar-refractivity contribution < 1.29 is 19.8 Å². The van der Waals surface area contributed by atoms with Crippen LogP contribution in [-0.4, -0.2) is 28.1 Å². The van der Waals surface area contributed by atoms with E-state index in [0.717, 1.165) is 10.5 Å². The van der Waals surface area contributed by atoms with E-state index < -0.39 is 11.9 Å². The third-order valence-electron chi connectivity index (χ3n) is 3.72. The Kier molecular flexibility index (Phi) is 3.65. The Labute approximate surface area is 133 Å².